The number of benzene rings is 1. The molecule has 6 heteroatoms. The third-order valence-electron chi connectivity index (χ3n) is 5.98. The summed E-state index contributed by atoms with van der Waals surface area (Å²) in [5.41, 5.74) is 3.03. The number of amides is 3. The fourth-order valence-electron chi connectivity index (χ4n) is 4.12. The average Bonchev–Trinajstić information content (AvgIpc) is 3.26. The number of carbonyl (C=O) groups excluding carboxylic acids is 2. The second-order valence-electron chi connectivity index (χ2n) is 7.85. The second-order valence-corrected chi connectivity index (χ2v) is 7.85. The minimum atomic E-state index is -0.0760. The summed E-state index contributed by atoms with van der Waals surface area (Å²) < 4.78 is 0. The summed E-state index contributed by atoms with van der Waals surface area (Å²) >= 11 is 0. The quantitative estimate of drug-likeness (QED) is 0.839. The molecule has 1 aromatic heterocycles. The molecule has 1 spiro atoms. The van der Waals surface area contributed by atoms with E-state index in [0.717, 1.165) is 30.5 Å². The lowest BCUT2D eigenvalue weighted by Gasteiger charge is -2.18. The van der Waals surface area contributed by atoms with Gasteiger partial charge in [-0.15, -0.1) is 0 Å². The van der Waals surface area contributed by atoms with Gasteiger partial charge in [0, 0.05) is 49.0 Å². The van der Waals surface area contributed by atoms with E-state index in [1.165, 1.54) is 5.56 Å². The number of nitrogens with zero attached hydrogens (tertiary/aromatic N) is 2. The van der Waals surface area contributed by atoms with Gasteiger partial charge in [-0.3, -0.25) is 9.78 Å². The highest BCUT2D eigenvalue weighted by molar-refractivity contribution is 5.90. The highest BCUT2D eigenvalue weighted by Crippen LogP contribution is 2.58. The number of rotatable bonds is 5. The lowest BCUT2D eigenvalue weighted by Crippen LogP contribution is -2.34. The first-order valence-corrected chi connectivity index (χ1v) is 9.91. The smallest absolute Gasteiger partial charge is 0.321 e. The van der Waals surface area contributed by atoms with Crippen molar-refractivity contribution in [3.63, 3.8) is 0 Å². The van der Waals surface area contributed by atoms with Gasteiger partial charge in [-0.25, -0.2) is 4.79 Å². The van der Waals surface area contributed by atoms with E-state index in [1.54, 1.807) is 12.4 Å². The number of anilines is 1. The number of urea groups is 1. The first-order valence-electron chi connectivity index (χ1n) is 9.91. The molecule has 2 aliphatic rings. The molecule has 146 valence electrons. The zero-order valence-electron chi connectivity index (χ0n) is 16.1. The molecule has 2 aromatic rings. The molecule has 2 atom stereocenters. The Balaban J connectivity index is 1.29. The van der Waals surface area contributed by atoms with Crippen molar-refractivity contribution in [1.82, 2.24) is 15.2 Å². The van der Waals surface area contributed by atoms with Crippen LogP contribution < -0.4 is 10.6 Å². The molecule has 4 rings (SSSR count). The Morgan fingerprint density at radius 1 is 1.21 bits per heavy atom. The molecular weight excluding hydrogens is 352 g/mol. The predicted octanol–water partition coefficient (Wildman–Crippen LogP) is 3.20. The van der Waals surface area contributed by atoms with E-state index in [1.807, 2.05) is 35.2 Å². The fraction of sp³-hybridized carbons (Fsp3) is 0.409. The van der Waals surface area contributed by atoms with Crippen molar-refractivity contribution >= 4 is 17.6 Å². The molecule has 3 amide bonds. The predicted molar refractivity (Wildman–Crippen MR) is 108 cm³/mol. The Hall–Kier alpha value is -2.89. The van der Waals surface area contributed by atoms with Crippen molar-refractivity contribution in [2.75, 3.05) is 18.4 Å². The Kier molecular flexibility index (Phi) is 5.03. The molecule has 2 heterocycles. The monoisotopic (exact) mass is 378 g/mol. The van der Waals surface area contributed by atoms with Crippen LogP contribution in [0.2, 0.25) is 0 Å². The van der Waals surface area contributed by atoms with Gasteiger partial charge in [-0.05, 0) is 54.7 Å². The Labute approximate surface area is 165 Å². The van der Waals surface area contributed by atoms with Crippen molar-refractivity contribution in [3.05, 3.63) is 59.9 Å². The SMILES string of the molecule is CCc1cccc(NC(=O)N2CC[C@@]3(C[C@@H]3C(=O)NCc3ccncc3)C2)c1. The Morgan fingerprint density at radius 3 is 2.82 bits per heavy atom. The Bertz CT molecular complexity index is 870. The molecule has 1 aromatic carbocycles. The van der Waals surface area contributed by atoms with Crippen LogP contribution in [-0.4, -0.2) is 34.9 Å². The van der Waals surface area contributed by atoms with Gasteiger partial charge in [0.2, 0.25) is 5.91 Å². The zero-order valence-corrected chi connectivity index (χ0v) is 16.1. The molecule has 2 fully saturated rings. The van der Waals surface area contributed by atoms with Crippen molar-refractivity contribution in [3.8, 4) is 0 Å². The number of aromatic nitrogens is 1. The van der Waals surface area contributed by atoms with Gasteiger partial charge in [0.1, 0.15) is 0 Å². The van der Waals surface area contributed by atoms with E-state index in [0.29, 0.717) is 19.6 Å². The summed E-state index contributed by atoms with van der Waals surface area (Å²) in [6, 6.07) is 11.7. The number of pyridine rings is 1. The van der Waals surface area contributed by atoms with Gasteiger partial charge >= 0.3 is 6.03 Å². The van der Waals surface area contributed by atoms with Gasteiger partial charge < -0.3 is 15.5 Å². The van der Waals surface area contributed by atoms with Crippen LogP contribution in [0.25, 0.3) is 0 Å². The number of hydrogen-bond donors (Lipinski definition) is 2. The largest absolute Gasteiger partial charge is 0.352 e. The maximum Gasteiger partial charge on any atom is 0.321 e. The van der Waals surface area contributed by atoms with Gasteiger partial charge in [0.05, 0.1) is 0 Å². The van der Waals surface area contributed by atoms with E-state index < -0.39 is 0 Å². The van der Waals surface area contributed by atoms with Crippen LogP contribution in [0.1, 0.15) is 30.9 Å². The number of hydrogen-bond acceptors (Lipinski definition) is 3. The van der Waals surface area contributed by atoms with E-state index >= 15 is 0 Å². The van der Waals surface area contributed by atoms with E-state index in [9.17, 15) is 9.59 Å². The van der Waals surface area contributed by atoms with Gasteiger partial charge in [-0.2, -0.15) is 0 Å². The molecule has 6 nitrogen and oxygen atoms in total. The zero-order chi connectivity index (χ0) is 19.6. The van der Waals surface area contributed by atoms with Crippen molar-refractivity contribution in [2.24, 2.45) is 11.3 Å². The minimum absolute atomic E-state index is 0.00977. The molecule has 1 aliphatic carbocycles. The maximum absolute atomic E-state index is 12.6. The lowest BCUT2D eigenvalue weighted by molar-refractivity contribution is -0.123. The molecule has 0 bridgehead atoms. The molecule has 2 N–H and O–H groups in total. The first kappa shape index (κ1) is 18.5. The average molecular weight is 378 g/mol. The minimum Gasteiger partial charge on any atom is -0.352 e. The molecule has 1 saturated heterocycles. The van der Waals surface area contributed by atoms with Crippen LogP contribution in [0.5, 0.6) is 0 Å². The highest BCUT2D eigenvalue weighted by atomic mass is 16.2. The van der Waals surface area contributed by atoms with E-state index in [2.05, 4.69) is 28.6 Å². The van der Waals surface area contributed by atoms with Crippen LogP contribution in [0, 0.1) is 11.3 Å². The fourth-order valence-corrected chi connectivity index (χ4v) is 4.12. The number of aryl methyl sites for hydroxylation is 1. The molecule has 28 heavy (non-hydrogen) atoms. The number of likely N-dealkylation sites (tertiary alicyclic amines) is 1. The molecule has 1 aliphatic heterocycles. The van der Waals surface area contributed by atoms with E-state index in [-0.39, 0.29) is 23.3 Å². The molecular formula is C22H26N4O2. The maximum atomic E-state index is 12.6. The highest BCUT2D eigenvalue weighted by Gasteiger charge is 2.61. The summed E-state index contributed by atoms with van der Waals surface area (Å²) in [7, 11) is 0. The van der Waals surface area contributed by atoms with Gasteiger partial charge in [0.15, 0.2) is 0 Å². The number of nitrogens with one attached hydrogen (secondary N) is 2. The summed E-state index contributed by atoms with van der Waals surface area (Å²) in [6.07, 6.45) is 6.15. The third kappa shape index (κ3) is 3.86. The summed E-state index contributed by atoms with van der Waals surface area (Å²) in [4.78, 5) is 31.0. The van der Waals surface area contributed by atoms with Crippen LogP contribution >= 0.6 is 0 Å². The summed E-state index contributed by atoms with van der Waals surface area (Å²) in [6.45, 7) is 3.97. The van der Waals surface area contributed by atoms with E-state index in [4.69, 9.17) is 0 Å². The van der Waals surface area contributed by atoms with Crippen LogP contribution in [-0.2, 0) is 17.8 Å². The van der Waals surface area contributed by atoms with Gasteiger partial charge in [-0.1, -0.05) is 19.1 Å². The Morgan fingerprint density at radius 2 is 2.04 bits per heavy atom. The van der Waals surface area contributed by atoms with Crippen LogP contribution in [0.3, 0.4) is 0 Å². The van der Waals surface area contributed by atoms with Crippen molar-refractivity contribution < 1.29 is 9.59 Å². The molecule has 1 saturated carbocycles. The van der Waals surface area contributed by atoms with Crippen molar-refractivity contribution in [1.29, 1.82) is 0 Å². The van der Waals surface area contributed by atoms with Gasteiger partial charge in [0.25, 0.3) is 0 Å². The van der Waals surface area contributed by atoms with Crippen molar-refractivity contribution in [2.45, 2.75) is 32.7 Å². The third-order valence-corrected chi connectivity index (χ3v) is 5.98. The molecule has 0 unspecified atom stereocenters. The lowest BCUT2D eigenvalue weighted by atomic mass is 10.0. The van der Waals surface area contributed by atoms with Crippen LogP contribution in [0.4, 0.5) is 10.5 Å². The van der Waals surface area contributed by atoms with Crippen LogP contribution in [0.15, 0.2) is 48.8 Å². The standard InChI is InChI=1S/C22H26N4O2/c1-2-16-4-3-5-18(12-16)25-21(28)26-11-8-22(15-26)13-19(22)20(27)24-14-17-6-9-23-10-7-17/h3-7,9-10,12,19H,2,8,11,13-15H2,1H3,(H,24,27)(H,25,28)/t19-,22-/m1/s1. The summed E-state index contributed by atoms with van der Waals surface area (Å²) in [5.74, 6) is 0.102. The summed E-state index contributed by atoms with van der Waals surface area (Å²) in [5, 5.41) is 6.02. The first-order chi connectivity index (χ1) is 13.6. The number of carbonyl (C=O) groups is 2. The molecule has 0 radical (unpaired) electrons. The topological polar surface area (TPSA) is 74.3 Å². The normalized spacial score (nSPS) is 22.9. The second kappa shape index (κ2) is 7.62.